The molecule has 3 aromatic rings. The first kappa shape index (κ1) is 14.8. The SMILES string of the molecule is CNC(=O)c1ccc(-c2cc(NC3CCCC3)nc3[nH]ccc23)o1. The lowest BCUT2D eigenvalue weighted by Gasteiger charge is -2.13. The van der Waals surface area contributed by atoms with E-state index in [-0.39, 0.29) is 5.91 Å². The number of amides is 1. The van der Waals surface area contributed by atoms with Gasteiger partial charge in [-0.05, 0) is 37.1 Å². The van der Waals surface area contributed by atoms with E-state index in [1.807, 2.05) is 24.4 Å². The fourth-order valence-corrected chi connectivity index (χ4v) is 3.32. The van der Waals surface area contributed by atoms with Crippen LogP contribution in [0.2, 0.25) is 0 Å². The monoisotopic (exact) mass is 324 g/mol. The quantitative estimate of drug-likeness (QED) is 0.685. The molecule has 4 rings (SSSR count). The summed E-state index contributed by atoms with van der Waals surface area (Å²) in [6.45, 7) is 0. The lowest BCUT2D eigenvalue weighted by atomic mass is 10.1. The number of aromatic amines is 1. The summed E-state index contributed by atoms with van der Waals surface area (Å²) in [5, 5.41) is 7.07. The van der Waals surface area contributed by atoms with Gasteiger partial charge >= 0.3 is 0 Å². The van der Waals surface area contributed by atoms with E-state index in [1.54, 1.807) is 13.1 Å². The van der Waals surface area contributed by atoms with Gasteiger partial charge in [0.05, 0.1) is 0 Å². The summed E-state index contributed by atoms with van der Waals surface area (Å²) in [6, 6.07) is 7.97. The molecule has 0 unspecified atom stereocenters. The number of nitrogens with one attached hydrogen (secondary N) is 3. The van der Waals surface area contributed by atoms with E-state index in [0.29, 0.717) is 17.6 Å². The van der Waals surface area contributed by atoms with Gasteiger partial charge in [-0.3, -0.25) is 4.79 Å². The van der Waals surface area contributed by atoms with E-state index in [2.05, 4.69) is 20.6 Å². The Kier molecular flexibility index (Phi) is 3.72. The maximum Gasteiger partial charge on any atom is 0.286 e. The number of fused-ring (bicyclic) bond motifs is 1. The first-order chi connectivity index (χ1) is 11.7. The smallest absolute Gasteiger partial charge is 0.286 e. The van der Waals surface area contributed by atoms with Gasteiger partial charge in [0.15, 0.2) is 5.76 Å². The molecule has 0 aliphatic heterocycles. The number of H-pyrrole nitrogens is 1. The molecule has 1 amide bonds. The van der Waals surface area contributed by atoms with Crippen LogP contribution in [0, 0.1) is 0 Å². The zero-order valence-corrected chi connectivity index (χ0v) is 13.6. The molecule has 1 saturated carbocycles. The normalized spacial score (nSPS) is 15.0. The largest absolute Gasteiger partial charge is 0.451 e. The van der Waals surface area contributed by atoms with E-state index in [1.165, 1.54) is 25.7 Å². The highest BCUT2D eigenvalue weighted by Gasteiger charge is 2.18. The molecule has 0 radical (unpaired) electrons. The summed E-state index contributed by atoms with van der Waals surface area (Å²) in [4.78, 5) is 19.6. The highest BCUT2D eigenvalue weighted by Crippen LogP contribution is 2.32. The van der Waals surface area contributed by atoms with Crippen molar-refractivity contribution in [3.05, 3.63) is 36.2 Å². The predicted molar refractivity (Wildman–Crippen MR) is 93.1 cm³/mol. The second-order valence-corrected chi connectivity index (χ2v) is 6.16. The topological polar surface area (TPSA) is 83.0 Å². The van der Waals surface area contributed by atoms with Crippen LogP contribution in [-0.4, -0.2) is 29.0 Å². The number of hydrogen-bond donors (Lipinski definition) is 3. The number of pyridine rings is 1. The third kappa shape index (κ3) is 2.64. The molecule has 24 heavy (non-hydrogen) atoms. The van der Waals surface area contributed by atoms with Crippen LogP contribution in [0.3, 0.4) is 0 Å². The lowest BCUT2D eigenvalue weighted by Crippen LogP contribution is -2.16. The van der Waals surface area contributed by atoms with Crippen LogP contribution in [0.5, 0.6) is 0 Å². The van der Waals surface area contributed by atoms with E-state index in [0.717, 1.165) is 22.4 Å². The fraction of sp³-hybridized carbons (Fsp3) is 0.333. The third-order valence-electron chi connectivity index (χ3n) is 4.56. The molecule has 3 N–H and O–H groups in total. The van der Waals surface area contributed by atoms with Gasteiger partial charge in [0.2, 0.25) is 0 Å². The number of furan rings is 1. The summed E-state index contributed by atoms with van der Waals surface area (Å²) in [5.41, 5.74) is 1.74. The molecule has 124 valence electrons. The van der Waals surface area contributed by atoms with E-state index >= 15 is 0 Å². The number of hydrogen-bond acceptors (Lipinski definition) is 4. The van der Waals surface area contributed by atoms with Crippen LogP contribution < -0.4 is 10.6 Å². The molecule has 0 aromatic carbocycles. The van der Waals surface area contributed by atoms with Gasteiger partial charge in [0.25, 0.3) is 5.91 Å². The first-order valence-electron chi connectivity index (χ1n) is 8.31. The number of carbonyl (C=O) groups excluding carboxylic acids is 1. The minimum absolute atomic E-state index is 0.232. The van der Waals surface area contributed by atoms with Crippen molar-refractivity contribution in [1.82, 2.24) is 15.3 Å². The molecule has 1 aliphatic carbocycles. The summed E-state index contributed by atoms with van der Waals surface area (Å²) in [7, 11) is 1.59. The van der Waals surface area contributed by atoms with Gasteiger partial charge in [-0.25, -0.2) is 4.98 Å². The summed E-state index contributed by atoms with van der Waals surface area (Å²) in [6.07, 6.45) is 6.76. The molecule has 0 spiro atoms. The molecule has 0 saturated heterocycles. The Balaban J connectivity index is 1.74. The molecular formula is C18H20N4O2. The number of aromatic nitrogens is 2. The Morgan fingerprint density at radius 3 is 2.92 bits per heavy atom. The standard InChI is InChI=1S/C18H20N4O2/c1-19-18(23)15-7-6-14(24-15)13-10-16(21-11-4-2-3-5-11)22-17-12(13)8-9-20-17/h6-11H,2-5H2,1H3,(H,19,23)(H2,20,21,22). The highest BCUT2D eigenvalue weighted by molar-refractivity contribution is 5.95. The van der Waals surface area contributed by atoms with E-state index in [9.17, 15) is 4.79 Å². The maximum atomic E-state index is 11.7. The van der Waals surface area contributed by atoms with Crippen LogP contribution >= 0.6 is 0 Å². The molecule has 0 bridgehead atoms. The van der Waals surface area contributed by atoms with Gasteiger partial charge < -0.3 is 20.0 Å². The molecule has 0 atom stereocenters. The van der Waals surface area contributed by atoms with Crippen molar-refractivity contribution < 1.29 is 9.21 Å². The highest BCUT2D eigenvalue weighted by atomic mass is 16.3. The fourth-order valence-electron chi connectivity index (χ4n) is 3.32. The summed E-state index contributed by atoms with van der Waals surface area (Å²) < 4.78 is 5.74. The van der Waals surface area contributed by atoms with Crippen molar-refractivity contribution in [3.63, 3.8) is 0 Å². The molecule has 1 fully saturated rings. The third-order valence-corrected chi connectivity index (χ3v) is 4.56. The summed E-state index contributed by atoms with van der Waals surface area (Å²) in [5.74, 6) is 1.57. The maximum absolute atomic E-state index is 11.7. The second-order valence-electron chi connectivity index (χ2n) is 6.16. The van der Waals surface area contributed by atoms with Crippen LogP contribution in [0.4, 0.5) is 5.82 Å². The molecular weight excluding hydrogens is 304 g/mol. The minimum Gasteiger partial charge on any atom is -0.451 e. The average Bonchev–Trinajstić information content (AvgIpc) is 3.34. The van der Waals surface area contributed by atoms with Crippen molar-refractivity contribution in [2.45, 2.75) is 31.7 Å². The Morgan fingerprint density at radius 1 is 1.29 bits per heavy atom. The Hall–Kier alpha value is -2.76. The van der Waals surface area contributed by atoms with Gasteiger partial charge in [0, 0.05) is 30.2 Å². The van der Waals surface area contributed by atoms with Crippen molar-refractivity contribution in [2.75, 3.05) is 12.4 Å². The van der Waals surface area contributed by atoms with E-state index in [4.69, 9.17) is 4.42 Å². The minimum atomic E-state index is -0.232. The van der Waals surface area contributed by atoms with Gasteiger partial charge in [-0.15, -0.1) is 0 Å². The van der Waals surface area contributed by atoms with Gasteiger partial charge in [0.1, 0.15) is 17.2 Å². The molecule has 6 nitrogen and oxygen atoms in total. The molecule has 6 heteroatoms. The first-order valence-corrected chi connectivity index (χ1v) is 8.31. The number of nitrogens with zero attached hydrogens (tertiary/aromatic N) is 1. The summed E-state index contributed by atoms with van der Waals surface area (Å²) >= 11 is 0. The Labute approximate surface area is 139 Å². The van der Waals surface area contributed by atoms with Crippen molar-refractivity contribution in [2.24, 2.45) is 0 Å². The molecule has 3 aromatic heterocycles. The zero-order valence-electron chi connectivity index (χ0n) is 13.6. The van der Waals surface area contributed by atoms with E-state index < -0.39 is 0 Å². The number of carbonyl (C=O) groups is 1. The van der Waals surface area contributed by atoms with Crippen LogP contribution in [0.15, 0.2) is 34.9 Å². The van der Waals surface area contributed by atoms with Crippen LogP contribution in [0.1, 0.15) is 36.2 Å². The molecule has 3 heterocycles. The Morgan fingerprint density at radius 2 is 2.12 bits per heavy atom. The predicted octanol–water partition coefficient (Wildman–Crippen LogP) is 3.54. The van der Waals surface area contributed by atoms with Gasteiger partial charge in [-0.1, -0.05) is 12.8 Å². The van der Waals surface area contributed by atoms with Crippen LogP contribution in [-0.2, 0) is 0 Å². The lowest BCUT2D eigenvalue weighted by molar-refractivity contribution is 0.0936. The number of anilines is 1. The number of rotatable bonds is 4. The molecule has 1 aliphatic rings. The van der Waals surface area contributed by atoms with Crippen molar-refractivity contribution in [3.8, 4) is 11.3 Å². The van der Waals surface area contributed by atoms with Crippen molar-refractivity contribution >= 4 is 22.8 Å². The zero-order chi connectivity index (χ0) is 16.5. The second kappa shape index (κ2) is 6.03. The van der Waals surface area contributed by atoms with Crippen LogP contribution in [0.25, 0.3) is 22.4 Å². The average molecular weight is 324 g/mol. The van der Waals surface area contributed by atoms with Crippen molar-refractivity contribution in [1.29, 1.82) is 0 Å². The Bertz CT molecular complexity index is 874. The van der Waals surface area contributed by atoms with Gasteiger partial charge in [-0.2, -0.15) is 0 Å².